The molecule has 0 saturated carbocycles. The number of rotatable bonds is 4. The molecule has 0 aromatic carbocycles. The first-order chi connectivity index (χ1) is 8.26. The van der Waals surface area contributed by atoms with Gasteiger partial charge in [0, 0.05) is 31.8 Å². The molecule has 1 aromatic heterocycles. The zero-order chi connectivity index (χ0) is 12.1. The van der Waals surface area contributed by atoms with Gasteiger partial charge >= 0.3 is 0 Å². The van der Waals surface area contributed by atoms with Crippen LogP contribution in [0.15, 0.2) is 24.5 Å². The van der Waals surface area contributed by atoms with E-state index in [9.17, 15) is 4.79 Å². The number of pyridine rings is 1. The van der Waals surface area contributed by atoms with Crippen LogP contribution in [0.3, 0.4) is 0 Å². The van der Waals surface area contributed by atoms with Crippen molar-refractivity contribution in [1.82, 2.24) is 10.3 Å². The second-order valence-electron chi connectivity index (χ2n) is 4.11. The van der Waals surface area contributed by atoms with Crippen LogP contribution in [0.4, 0.5) is 0 Å². The number of hydrogen-bond donors (Lipinski definition) is 1. The molecule has 1 unspecified atom stereocenters. The Labute approximate surface area is 105 Å². The van der Waals surface area contributed by atoms with Gasteiger partial charge in [0.2, 0.25) is 0 Å². The van der Waals surface area contributed by atoms with Crippen LogP contribution in [-0.4, -0.2) is 41.7 Å². The van der Waals surface area contributed by atoms with Crippen molar-refractivity contribution in [2.45, 2.75) is 12.0 Å². The lowest BCUT2D eigenvalue weighted by Crippen LogP contribution is -2.44. The maximum atomic E-state index is 11.8. The van der Waals surface area contributed by atoms with Crippen molar-refractivity contribution in [3.63, 3.8) is 0 Å². The number of carbonyl (C=O) groups is 1. The summed E-state index contributed by atoms with van der Waals surface area (Å²) >= 11 is 1.86. The number of aromatic nitrogens is 1. The molecule has 1 atom stereocenters. The molecule has 0 radical (unpaired) electrons. The normalized spacial score (nSPS) is 23.6. The summed E-state index contributed by atoms with van der Waals surface area (Å²) in [6.45, 7) is 0.560. The van der Waals surface area contributed by atoms with Gasteiger partial charge in [-0.3, -0.25) is 9.78 Å². The molecule has 1 aromatic rings. The largest absolute Gasteiger partial charge is 0.376 e. The molecule has 1 aliphatic heterocycles. The minimum Gasteiger partial charge on any atom is -0.376 e. The highest BCUT2D eigenvalue weighted by molar-refractivity contribution is 7.99. The van der Waals surface area contributed by atoms with E-state index in [0.29, 0.717) is 12.1 Å². The van der Waals surface area contributed by atoms with Gasteiger partial charge in [-0.1, -0.05) is 0 Å². The minimum atomic E-state index is -0.192. The number of thioether (sulfide) groups is 1. The highest BCUT2D eigenvalue weighted by atomic mass is 32.2. The second kappa shape index (κ2) is 5.51. The van der Waals surface area contributed by atoms with Crippen LogP contribution < -0.4 is 5.32 Å². The summed E-state index contributed by atoms with van der Waals surface area (Å²) in [7, 11) is 1.71. The fourth-order valence-electron chi connectivity index (χ4n) is 1.80. The van der Waals surface area contributed by atoms with E-state index in [-0.39, 0.29) is 11.5 Å². The molecule has 1 N–H and O–H groups in total. The van der Waals surface area contributed by atoms with Crippen molar-refractivity contribution in [1.29, 1.82) is 0 Å². The van der Waals surface area contributed by atoms with Crippen LogP contribution in [0.2, 0.25) is 0 Å². The highest BCUT2D eigenvalue weighted by Crippen LogP contribution is 2.30. The van der Waals surface area contributed by atoms with E-state index in [1.165, 1.54) is 0 Å². The summed E-state index contributed by atoms with van der Waals surface area (Å²) in [5.41, 5.74) is 0.395. The Morgan fingerprint density at radius 2 is 2.59 bits per heavy atom. The van der Waals surface area contributed by atoms with Gasteiger partial charge in [0.25, 0.3) is 5.91 Å². The van der Waals surface area contributed by atoms with Crippen molar-refractivity contribution in [2.75, 3.05) is 25.2 Å². The number of carbonyl (C=O) groups excluding carboxylic acids is 1. The fraction of sp³-hybridized carbons (Fsp3) is 0.500. The topological polar surface area (TPSA) is 51.2 Å². The summed E-state index contributed by atoms with van der Waals surface area (Å²) in [6.07, 6.45) is 4.21. The Morgan fingerprint density at radius 3 is 3.18 bits per heavy atom. The molecule has 1 fully saturated rings. The van der Waals surface area contributed by atoms with Crippen molar-refractivity contribution in [2.24, 2.45) is 0 Å². The lowest BCUT2D eigenvalue weighted by Gasteiger charge is -2.26. The predicted octanol–water partition coefficient (Wildman–Crippen LogP) is 1.33. The Hall–Kier alpha value is -1.07. The number of nitrogens with one attached hydrogen (secondary N) is 1. The summed E-state index contributed by atoms with van der Waals surface area (Å²) in [5.74, 6) is 1.94. The molecule has 1 aliphatic rings. The highest BCUT2D eigenvalue weighted by Gasteiger charge is 2.34. The monoisotopic (exact) mass is 252 g/mol. The number of hydrogen-bond acceptors (Lipinski definition) is 4. The molecule has 1 saturated heterocycles. The molecular weight excluding hydrogens is 236 g/mol. The van der Waals surface area contributed by atoms with Gasteiger partial charge in [0.15, 0.2) is 0 Å². The van der Waals surface area contributed by atoms with Crippen LogP contribution in [0, 0.1) is 0 Å². The quantitative estimate of drug-likeness (QED) is 0.878. The lowest BCUT2D eigenvalue weighted by atomic mass is 10.0. The third-order valence-corrected chi connectivity index (χ3v) is 4.22. The van der Waals surface area contributed by atoms with E-state index in [0.717, 1.165) is 17.9 Å². The van der Waals surface area contributed by atoms with E-state index >= 15 is 0 Å². The van der Waals surface area contributed by atoms with Gasteiger partial charge in [0.05, 0.1) is 11.2 Å². The van der Waals surface area contributed by atoms with Crippen molar-refractivity contribution < 1.29 is 9.53 Å². The molecule has 0 spiro atoms. The van der Waals surface area contributed by atoms with E-state index in [1.807, 2.05) is 11.8 Å². The molecule has 2 heterocycles. The summed E-state index contributed by atoms with van der Waals surface area (Å²) in [5, 5.41) is 2.92. The lowest BCUT2D eigenvalue weighted by molar-refractivity contribution is 0.0137. The van der Waals surface area contributed by atoms with Gasteiger partial charge in [-0.2, -0.15) is 11.8 Å². The van der Waals surface area contributed by atoms with Crippen LogP contribution in [-0.2, 0) is 4.74 Å². The van der Waals surface area contributed by atoms with E-state index < -0.39 is 0 Å². The first-order valence-corrected chi connectivity index (χ1v) is 6.72. The predicted molar refractivity (Wildman–Crippen MR) is 68.3 cm³/mol. The van der Waals surface area contributed by atoms with Crippen molar-refractivity contribution in [3.05, 3.63) is 30.1 Å². The van der Waals surface area contributed by atoms with Gasteiger partial charge in [-0.15, -0.1) is 0 Å². The van der Waals surface area contributed by atoms with Gasteiger partial charge in [0.1, 0.15) is 0 Å². The maximum Gasteiger partial charge on any atom is 0.252 e. The Morgan fingerprint density at radius 1 is 1.71 bits per heavy atom. The molecule has 0 aliphatic carbocycles. The number of nitrogens with zero attached hydrogens (tertiary/aromatic N) is 1. The average Bonchev–Trinajstić information content (AvgIpc) is 2.86. The zero-order valence-electron chi connectivity index (χ0n) is 9.81. The average molecular weight is 252 g/mol. The molecule has 2 rings (SSSR count). The second-order valence-corrected chi connectivity index (χ2v) is 5.22. The molecule has 92 valence electrons. The van der Waals surface area contributed by atoms with Gasteiger partial charge in [-0.25, -0.2) is 0 Å². The standard InChI is InChI=1S/C12H16N2O2S/c1-16-12(4-6-17-9-12)8-14-11(15)10-3-2-5-13-7-10/h2-3,5,7H,4,6,8-9H2,1H3,(H,14,15). The smallest absolute Gasteiger partial charge is 0.252 e. The molecule has 0 bridgehead atoms. The van der Waals surface area contributed by atoms with Crippen LogP contribution >= 0.6 is 11.8 Å². The van der Waals surface area contributed by atoms with E-state index in [2.05, 4.69) is 10.3 Å². The molecule has 5 heteroatoms. The number of amides is 1. The fourth-order valence-corrected chi connectivity index (χ4v) is 3.20. The molecule has 17 heavy (non-hydrogen) atoms. The molecule has 1 amide bonds. The zero-order valence-corrected chi connectivity index (χ0v) is 10.6. The SMILES string of the molecule is COC1(CNC(=O)c2cccnc2)CCSC1. The first kappa shape index (κ1) is 12.4. The maximum absolute atomic E-state index is 11.8. The first-order valence-electron chi connectivity index (χ1n) is 5.57. The number of methoxy groups -OCH3 is 1. The summed E-state index contributed by atoms with van der Waals surface area (Å²) in [6, 6.07) is 3.51. The van der Waals surface area contributed by atoms with Crippen molar-refractivity contribution >= 4 is 17.7 Å². The Bertz CT molecular complexity index is 377. The van der Waals surface area contributed by atoms with Crippen LogP contribution in [0.1, 0.15) is 16.8 Å². The summed E-state index contributed by atoms with van der Waals surface area (Å²) in [4.78, 5) is 15.8. The van der Waals surface area contributed by atoms with Crippen LogP contribution in [0.5, 0.6) is 0 Å². The Kier molecular flexibility index (Phi) is 4.02. The third kappa shape index (κ3) is 2.98. The molecule has 4 nitrogen and oxygen atoms in total. The third-order valence-electron chi connectivity index (χ3n) is 2.99. The Balaban J connectivity index is 1.92. The van der Waals surface area contributed by atoms with Gasteiger partial charge < -0.3 is 10.1 Å². The van der Waals surface area contributed by atoms with E-state index in [1.54, 1.807) is 31.6 Å². The number of ether oxygens (including phenoxy) is 1. The molecular formula is C12H16N2O2S. The minimum absolute atomic E-state index is 0.0913. The van der Waals surface area contributed by atoms with E-state index in [4.69, 9.17) is 4.74 Å². The van der Waals surface area contributed by atoms with Crippen LogP contribution in [0.25, 0.3) is 0 Å². The van der Waals surface area contributed by atoms with Gasteiger partial charge in [-0.05, 0) is 24.3 Å². The summed E-state index contributed by atoms with van der Waals surface area (Å²) < 4.78 is 5.53. The van der Waals surface area contributed by atoms with Crippen molar-refractivity contribution in [3.8, 4) is 0 Å².